The molecule has 22 heavy (non-hydrogen) atoms. The first-order valence-electron chi connectivity index (χ1n) is 8.08. The molecule has 1 heterocycles. The lowest BCUT2D eigenvalue weighted by Crippen LogP contribution is -2.46. The quantitative estimate of drug-likeness (QED) is 0.848. The van der Waals surface area contributed by atoms with Gasteiger partial charge in [-0.05, 0) is 52.5 Å². The summed E-state index contributed by atoms with van der Waals surface area (Å²) in [6.07, 6.45) is 1.29. The van der Waals surface area contributed by atoms with Gasteiger partial charge >= 0.3 is 0 Å². The van der Waals surface area contributed by atoms with Crippen LogP contribution in [0.15, 0.2) is 6.07 Å². The average molecular weight is 309 g/mol. The van der Waals surface area contributed by atoms with Gasteiger partial charge in [0.25, 0.3) is 5.91 Å². The number of aromatic nitrogens is 2. The number of aliphatic hydroxyl groups is 1. The summed E-state index contributed by atoms with van der Waals surface area (Å²) in [7, 11) is 0. The summed E-state index contributed by atoms with van der Waals surface area (Å²) >= 11 is 0. The largest absolute Gasteiger partial charge is 0.396 e. The van der Waals surface area contributed by atoms with Crippen molar-refractivity contribution in [2.45, 2.75) is 78.3 Å². The number of aliphatic hydroxyl groups excluding tert-OH is 1. The van der Waals surface area contributed by atoms with Gasteiger partial charge in [-0.1, -0.05) is 20.8 Å². The fraction of sp³-hybridized carbons (Fsp3) is 0.765. The normalized spacial score (nSPS) is 15.0. The van der Waals surface area contributed by atoms with Crippen molar-refractivity contribution in [1.29, 1.82) is 0 Å². The van der Waals surface area contributed by atoms with Crippen molar-refractivity contribution in [2.75, 3.05) is 6.61 Å². The SMILES string of the molecule is CCC(C)(CCO)NC(=O)c1cc(C(C)C)n(C(C)(C)C)n1. The van der Waals surface area contributed by atoms with Gasteiger partial charge in [-0.2, -0.15) is 5.10 Å². The highest BCUT2D eigenvalue weighted by atomic mass is 16.3. The van der Waals surface area contributed by atoms with Crippen molar-refractivity contribution in [3.8, 4) is 0 Å². The number of rotatable bonds is 6. The summed E-state index contributed by atoms with van der Waals surface area (Å²) in [4.78, 5) is 12.5. The molecule has 1 atom stereocenters. The smallest absolute Gasteiger partial charge is 0.272 e. The van der Waals surface area contributed by atoms with Crippen LogP contribution in [-0.2, 0) is 5.54 Å². The van der Waals surface area contributed by atoms with E-state index in [1.54, 1.807) is 0 Å². The lowest BCUT2D eigenvalue weighted by molar-refractivity contribution is 0.0879. The third kappa shape index (κ3) is 4.32. The van der Waals surface area contributed by atoms with E-state index in [-0.39, 0.29) is 18.1 Å². The average Bonchev–Trinajstić information content (AvgIpc) is 2.84. The zero-order valence-electron chi connectivity index (χ0n) is 15.0. The summed E-state index contributed by atoms with van der Waals surface area (Å²) in [5, 5.41) is 16.7. The molecule has 5 heteroatoms. The predicted octanol–water partition coefficient (Wildman–Crippen LogP) is 3.04. The molecule has 0 radical (unpaired) electrons. The first-order chi connectivity index (χ1) is 10.0. The van der Waals surface area contributed by atoms with Crippen LogP contribution in [0.5, 0.6) is 0 Å². The van der Waals surface area contributed by atoms with Gasteiger partial charge in [0.1, 0.15) is 5.69 Å². The first kappa shape index (κ1) is 18.7. The van der Waals surface area contributed by atoms with E-state index < -0.39 is 5.54 Å². The summed E-state index contributed by atoms with van der Waals surface area (Å²) in [5.74, 6) is 0.117. The minimum atomic E-state index is -0.407. The lowest BCUT2D eigenvalue weighted by atomic mass is 9.94. The van der Waals surface area contributed by atoms with Gasteiger partial charge in [0.2, 0.25) is 0 Å². The first-order valence-corrected chi connectivity index (χ1v) is 8.08. The fourth-order valence-corrected chi connectivity index (χ4v) is 2.37. The van der Waals surface area contributed by atoms with Crippen LogP contribution >= 0.6 is 0 Å². The summed E-state index contributed by atoms with van der Waals surface area (Å²) in [6.45, 7) is 14.4. The van der Waals surface area contributed by atoms with E-state index in [9.17, 15) is 9.90 Å². The number of carbonyl (C=O) groups excluding carboxylic acids is 1. The molecule has 0 saturated carbocycles. The Labute approximate surface area is 134 Å². The Hall–Kier alpha value is -1.36. The second-order valence-corrected chi connectivity index (χ2v) is 7.53. The molecule has 1 amide bonds. The molecule has 0 aliphatic carbocycles. The van der Waals surface area contributed by atoms with Gasteiger partial charge in [0.05, 0.1) is 5.54 Å². The highest BCUT2D eigenvalue weighted by Gasteiger charge is 2.28. The topological polar surface area (TPSA) is 67.2 Å². The third-order valence-corrected chi connectivity index (χ3v) is 4.06. The van der Waals surface area contributed by atoms with Crippen molar-refractivity contribution in [1.82, 2.24) is 15.1 Å². The van der Waals surface area contributed by atoms with Gasteiger partial charge in [0.15, 0.2) is 0 Å². The van der Waals surface area contributed by atoms with Crippen LogP contribution in [-0.4, -0.2) is 32.9 Å². The number of hydrogen-bond donors (Lipinski definition) is 2. The zero-order chi connectivity index (χ0) is 17.1. The van der Waals surface area contributed by atoms with Crippen LogP contribution in [0.3, 0.4) is 0 Å². The number of nitrogens with one attached hydrogen (secondary N) is 1. The second kappa shape index (κ2) is 6.82. The van der Waals surface area contributed by atoms with Gasteiger partial charge in [-0.3, -0.25) is 9.48 Å². The molecule has 1 rings (SSSR count). The molecule has 1 aromatic rings. The van der Waals surface area contributed by atoms with Crippen LogP contribution in [0.2, 0.25) is 0 Å². The minimum Gasteiger partial charge on any atom is -0.396 e. The van der Waals surface area contributed by atoms with Crippen molar-refractivity contribution < 1.29 is 9.90 Å². The van der Waals surface area contributed by atoms with E-state index >= 15 is 0 Å². The summed E-state index contributed by atoms with van der Waals surface area (Å²) in [6, 6.07) is 1.88. The number of nitrogens with zero attached hydrogens (tertiary/aromatic N) is 2. The Bertz CT molecular complexity index is 514. The standard InChI is InChI=1S/C17H31N3O2/c1-8-17(7,9-10-21)18-15(22)13-11-14(12(2)3)20(19-13)16(4,5)6/h11-12,21H,8-10H2,1-7H3,(H,18,22). The molecule has 126 valence electrons. The number of carbonyl (C=O) groups is 1. The molecule has 0 saturated heterocycles. The van der Waals surface area contributed by atoms with Crippen molar-refractivity contribution >= 4 is 5.91 Å². The van der Waals surface area contributed by atoms with Gasteiger partial charge in [-0.15, -0.1) is 0 Å². The number of amides is 1. The highest BCUT2D eigenvalue weighted by molar-refractivity contribution is 5.92. The Morgan fingerprint density at radius 2 is 1.95 bits per heavy atom. The van der Waals surface area contributed by atoms with Gasteiger partial charge in [-0.25, -0.2) is 0 Å². The molecule has 0 aliphatic rings. The van der Waals surface area contributed by atoms with Crippen molar-refractivity contribution in [2.24, 2.45) is 0 Å². The van der Waals surface area contributed by atoms with E-state index in [1.165, 1.54) is 0 Å². The number of hydrogen-bond acceptors (Lipinski definition) is 3. The van der Waals surface area contributed by atoms with Crippen molar-refractivity contribution in [3.05, 3.63) is 17.5 Å². The Morgan fingerprint density at radius 1 is 1.36 bits per heavy atom. The molecule has 0 aromatic carbocycles. The third-order valence-electron chi connectivity index (χ3n) is 4.06. The summed E-state index contributed by atoms with van der Waals surface area (Å²) in [5.41, 5.74) is 0.918. The maximum Gasteiger partial charge on any atom is 0.272 e. The lowest BCUT2D eigenvalue weighted by Gasteiger charge is -2.28. The molecular formula is C17H31N3O2. The van der Waals surface area contributed by atoms with Crippen LogP contribution in [0.25, 0.3) is 0 Å². The van der Waals surface area contributed by atoms with Crippen LogP contribution in [0.4, 0.5) is 0 Å². The van der Waals surface area contributed by atoms with Gasteiger partial charge < -0.3 is 10.4 Å². The van der Waals surface area contributed by atoms with E-state index in [0.29, 0.717) is 18.0 Å². The molecule has 0 fully saturated rings. The van der Waals surface area contributed by atoms with Gasteiger partial charge in [0, 0.05) is 17.8 Å². The van der Waals surface area contributed by atoms with Crippen LogP contribution in [0.1, 0.15) is 83.4 Å². The summed E-state index contributed by atoms with van der Waals surface area (Å²) < 4.78 is 1.93. The maximum absolute atomic E-state index is 12.5. The van der Waals surface area contributed by atoms with E-state index in [1.807, 2.05) is 24.6 Å². The Kier molecular flexibility index (Phi) is 5.79. The zero-order valence-corrected chi connectivity index (χ0v) is 15.0. The van der Waals surface area contributed by atoms with E-state index in [2.05, 4.69) is 45.0 Å². The molecule has 5 nitrogen and oxygen atoms in total. The van der Waals surface area contributed by atoms with Crippen molar-refractivity contribution in [3.63, 3.8) is 0 Å². The van der Waals surface area contributed by atoms with E-state index in [4.69, 9.17) is 0 Å². The molecule has 0 aliphatic heterocycles. The molecule has 1 unspecified atom stereocenters. The minimum absolute atomic E-state index is 0.0539. The Balaban J connectivity index is 3.09. The molecule has 1 aromatic heterocycles. The molecule has 2 N–H and O–H groups in total. The maximum atomic E-state index is 12.5. The highest BCUT2D eigenvalue weighted by Crippen LogP contribution is 2.24. The van der Waals surface area contributed by atoms with Crippen LogP contribution in [0, 0.1) is 0 Å². The second-order valence-electron chi connectivity index (χ2n) is 7.53. The predicted molar refractivity (Wildman–Crippen MR) is 89.2 cm³/mol. The van der Waals surface area contributed by atoms with E-state index in [0.717, 1.165) is 12.1 Å². The fourth-order valence-electron chi connectivity index (χ4n) is 2.37. The van der Waals surface area contributed by atoms with Crippen LogP contribution < -0.4 is 5.32 Å². The monoisotopic (exact) mass is 309 g/mol. The molecule has 0 spiro atoms. The molecular weight excluding hydrogens is 278 g/mol. The molecule has 0 bridgehead atoms. The Morgan fingerprint density at radius 3 is 2.32 bits per heavy atom.